The number of hydrogen-bond donors (Lipinski definition) is 0. The van der Waals surface area contributed by atoms with Crippen molar-refractivity contribution in [1.29, 1.82) is 0 Å². The van der Waals surface area contributed by atoms with Crippen LogP contribution in [-0.2, 0) is 28.6 Å². The van der Waals surface area contributed by atoms with E-state index in [1.807, 2.05) is 0 Å². The molecular formula is C69H122O6. The molecule has 0 aliphatic heterocycles. The summed E-state index contributed by atoms with van der Waals surface area (Å²) >= 11 is 0. The third kappa shape index (κ3) is 61.6. The molecule has 0 bridgehead atoms. The predicted octanol–water partition coefficient (Wildman–Crippen LogP) is 22.1. The van der Waals surface area contributed by atoms with Crippen molar-refractivity contribution in [2.45, 2.75) is 335 Å². The summed E-state index contributed by atoms with van der Waals surface area (Å²) in [5.41, 5.74) is 0. The smallest absolute Gasteiger partial charge is 0.306 e. The average Bonchev–Trinajstić information content (AvgIpc) is 3.41. The second-order valence-corrected chi connectivity index (χ2v) is 21.7. The number of rotatable bonds is 59. The molecule has 75 heavy (non-hydrogen) atoms. The van der Waals surface area contributed by atoms with E-state index >= 15 is 0 Å². The zero-order valence-electron chi connectivity index (χ0n) is 49.8. The van der Waals surface area contributed by atoms with Gasteiger partial charge in [-0.25, -0.2) is 0 Å². The Morgan fingerprint density at radius 1 is 0.280 bits per heavy atom. The maximum Gasteiger partial charge on any atom is 0.306 e. The first-order valence-corrected chi connectivity index (χ1v) is 32.4. The number of carbonyl (C=O) groups excluding carboxylic acids is 3. The Kier molecular flexibility index (Phi) is 60.7. The lowest BCUT2D eigenvalue weighted by molar-refractivity contribution is -0.167. The molecule has 0 saturated carbocycles. The van der Waals surface area contributed by atoms with Gasteiger partial charge >= 0.3 is 17.9 Å². The molecule has 6 heteroatoms. The van der Waals surface area contributed by atoms with E-state index in [9.17, 15) is 14.4 Å². The van der Waals surface area contributed by atoms with Crippen molar-refractivity contribution in [2.24, 2.45) is 0 Å². The van der Waals surface area contributed by atoms with Gasteiger partial charge in [-0.15, -0.1) is 0 Å². The minimum Gasteiger partial charge on any atom is -0.462 e. The van der Waals surface area contributed by atoms with Gasteiger partial charge in [-0.2, -0.15) is 0 Å². The van der Waals surface area contributed by atoms with Crippen molar-refractivity contribution < 1.29 is 28.6 Å². The topological polar surface area (TPSA) is 78.9 Å². The summed E-state index contributed by atoms with van der Waals surface area (Å²) < 4.78 is 16.9. The van der Waals surface area contributed by atoms with Crippen molar-refractivity contribution in [1.82, 2.24) is 0 Å². The molecule has 0 spiro atoms. The monoisotopic (exact) mass is 1050 g/mol. The van der Waals surface area contributed by atoms with Gasteiger partial charge in [0.15, 0.2) is 6.10 Å². The van der Waals surface area contributed by atoms with E-state index in [1.54, 1.807) is 0 Å². The van der Waals surface area contributed by atoms with Crippen LogP contribution in [0.2, 0.25) is 0 Å². The Balaban J connectivity index is 4.39. The van der Waals surface area contributed by atoms with Crippen molar-refractivity contribution in [3.05, 3.63) is 72.9 Å². The predicted molar refractivity (Wildman–Crippen MR) is 325 cm³/mol. The van der Waals surface area contributed by atoms with Crippen LogP contribution in [0.4, 0.5) is 0 Å². The molecule has 6 nitrogen and oxygen atoms in total. The maximum absolute atomic E-state index is 12.9. The number of ether oxygens (including phenoxy) is 3. The Morgan fingerprint density at radius 2 is 0.520 bits per heavy atom. The number of unbranched alkanes of at least 4 members (excludes halogenated alkanes) is 36. The van der Waals surface area contributed by atoms with Crippen LogP contribution >= 0.6 is 0 Å². The molecule has 0 amide bonds. The van der Waals surface area contributed by atoms with E-state index < -0.39 is 6.10 Å². The van der Waals surface area contributed by atoms with Gasteiger partial charge < -0.3 is 14.2 Å². The van der Waals surface area contributed by atoms with E-state index in [-0.39, 0.29) is 31.1 Å². The van der Waals surface area contributed by atoms with E-state index in [0.29, 0.717) is 19.3 Å². The fourth-order valence-corrected chi connectivity index (χ4v) is 9.39. The fourth-order valence-electron chi connectivity index (χ4n) is 9.39. The van der Waals surface area contributed by atoms with E-state index in [0.717, 1.165) is 109 Å². The minimum absolute atomic E-state index is 0.0789. The van der Waals surface area contributed by atoms with E-state index in [4.69, 9.17) is 14.2 Å². The molecule has 0 heterocycles. The second kappa shape index (κ2) is 63.4. The SMILES string of the molecule is CC/C=C\C/C=C\C/C=C\C/C=C\C/C=C\C/C=C\CCCCCCC(=O)OCC(COC(=O)CCCCCCCCCCCCCCCCCC)OC(=O)CCCCCCCCCCCCCCCCCCCC. The zero-order valence-corrected chi connectivity index (χ0v) is 49.8. The van der Waals surface area contributed by atoms with Gasteiger partial charge in [0.2, 0.25) is 0 Å². The van der Waals surface area contributed by atoms with Gasteiger partial charge in [-0.1, -0.05) is 312 Å². The summed E-state index contributed by atoms with van der Waals surface area (Å²) in [5, 5.41) is 0. The van der Waals surface area contributed by atoms with Crippen molar-refractivity contribution in [2.75, 3.05) is 13.2 Å². The van der Waals surface area contributed by atoms with Gasteiger partial charge in [0.05, 0.1) is 0 Å². The minimum atomic E-state index is -0.784. The van der Waals surface area contributed by atoms with Crippen LogP contribution in [0.3, 0.4) is 0 Å². The molecule has 0 fully saturated rings. The first-order chi connectivity index (χ1) is 37.0. The molecule has 0 aliphatic carbocycles. The molecule has 0 rings (SSSR count). The molecule has 1 atom stereocenters. The van der Waals surface area contributed by atoms with Crippen molar-refractivity contribution in [3.8, 4) is 0 Å². The largest absolute Gasteiger partial charge is 0.462 e. The Hall–Kier alpha value is -3.15. The van der Waals surface area contributed by atoms with Gasteiger partial charge in [0.25, 0.3) is 0 Å². The Labute approximate surface area is 465 Å². The molecular weight excluding hydrogens is 925 g/mol. The second-order valence-electron chi connectivity index (χ2n) is 21.7. The van der Waals surface area contributed by atoms with E-state index in [2.05, 4.69) is 93.7 Å². The molecule has 0 aliphatic rings. The highest BCUT2D eigenvalue weighted by Gasteiger charge is 2.19. The summed E-state index contributed by atoms with van der Waals surface area (Å²) in [4.78, 5) is 38.3. The standard InChI is InChI=1S/C69H122O6/c1-4-7-10-13-16-19-22-25-28-31-33-34-35-36-37-39-41-44-47-50-53-56-59-62-68(71)74-65-66(64-73-67(70)61-58-55-52-49-46-43-40-30-27-24-21-18-15-12-9-6-3)75-69(72)63-60-57-54-51-48-45-42-38-32-29-26-23-20-17-14-11-8-5-2/h7,10,16,19,25,28,33-34,36-37,41,44,66H,4-6,8-9,11-15,17-18,20-24,26-27,29-32,35,38-40,42-43,45-65H2,1-3H3/b10-7-,19-16-,28-25-,34-33-,37-36-,44-41-. The molecule has 1 unspecified atom stereocenters. The quantitative estimate of drug-likeness (QED) is 0.0261. The number of allylic oxidation sites excluding steroid dienone is 12. The highest BCUT2D eigenvalue weighted by atomic mass is 16.6. The molecule has 434 valence electrons. The van der Waals surface area contributed by atoms with Crippen LogP contribution in [-0.4, -0.2) is 37.2 Å². The lowest BCUT2D eigenvalue weighted by Crippen LogP contribution is -2.30. The highest BCUT2D eigenvalue weighted by molar-refractivity contribution is 5.71. The summed E-state index contributed by atoms with van der Waals surface area (Å²) in [7, 11) is 0. The third-order valence-corrected chi connectivity index (χ3v) is 14.2. The fraction of sp³-hybridized carbons (Fsp3) is 0.783. The van der Waals surface area contributed by atoms with Crippen LogP contribution in [0.25, 0.3) is 0 Å². The summed E-state index contributed by atoms with van der Waals surface area (Å²) in [5.74, 6) is -0.885. The average molecular weight is 1050 g/mol. The third-order valence-electron chi connectivity index (χ3n) is 14.2. The van der Waals surface area contributed by atoms with Crippen LogP contribution in [0.5, 0.6) is 0 Å². The summed E-state index contributed by atoms with van der Waals surface area (Å²) in [6.45, 7) is 6.56. The lowest BCUT2D eigenvalue weighted by atomic mass is 10.0. The van der Waals surface area contributed by atoms with E-state index in [1.165, 1.54) is 180 Å². The molecule has 0 aromatic rings. The lowest BCUT2D eigenvalue weighted by Gasteiger charge is -2.18. The zero-order chi connectivity index (χ0) is 54.3. The van der Waals surface area contributed by atoms with Crippen LogP contribution in [0, 0.1) is 0 Å². The Bertz CT molecular complexity index is 1390. The normalized spacial score (nSPS) is 12.5. The van der Waals surface area contributed by atoms with Gasteiger partial charge in [-0.05, 0) is 70.6 Å². The van der Waals surface area contributed by atoms with Gasteiger partial charge in [-0.3, -0.25) is 14.4 Å². The summed E-state index contributed by atoms with van der Waals surface area (Å²) in [6, 6.07) is 0. The molecule has 0 aromatic heterocycles. The van der Waals surface area contributed by atoms with Gasteiger partial charge in [0, 0.05) is 19.3 Å². The van der Waals surface area contributed by atoms with Crippen LogP contribution in [0.1, 0.15) is 329 Å². The first kappa shape index (κ1) is 71.8. The maximum atomic E-state index is 12.9. The molecule has 0 radical (unpaired) electrons. The molecule has 0 saturated heterocycles. The van der Waals surface area contributed by atoms with Gasteiger partial charge in [0.1, 0.15) is 13.2 Å². The Morgan fingerprint density at radius 3 is 0.813 bits per heavy atom. The summed E-state index contributed by atoms with van der Waals surface area (Å²) in [6.07, 6.45) is 81.9. The number of esters is 3. The van der Waals surface area contributed by atoms with Crippen molar-refractivity contribution >= 4 is 17.9 Å². The number of hydrogen-bond acceptors (Lipinski definition) is 6. The van der Waals surface area contributed by atoms with Crippen LogP contribution in [0.15, 0.2) is 72.9 Å². The highest BCUT2D eigenvalue weighted by Crippen LogP contribution is 2.17. The van der Waals surface area contributed by atoms with Crippen molar-refractivity contribution in [3.63, 3.8) is 0 Å². The van der Waals surface area contributed by atoms with Crippen LogP contribution < -0.4 is 0 Å². The number of carbonyl (C=O) groups is 3. The molecule has 0 N–H and O–H groups in total. The first-order valence-electron chi connectivity index (χ1n) is 32.4. The molecule has 0 aromatic carbocycles.